The molecule has 2 aromatic rings. The van der Waals surface area contributed by atoms with Crippen molar-refractivity contribution in [1.82, 2.24) is 15.1 Å². The van der Waals surface area contributed by atoms with Crippen LogP contribution in [-0.4, -0.2) is 75.1 Å². The molecule has 0 saturated carbocycles. The van der Waals surface area contributed by atoms with Crippen LogP contribution < -0.4 is 10.6 Å². The lowest BCUT2D eigenvalue weighted by molar-refractivity contribution is -0.192. The highest BCUT2D eigenvalue weighted by Crippen LogP contribution is 2.37. The van der Waals surface area contributed by atoms with Gasteiger partial charge in [-0.1, -0.05) is 0 Å². The standard InChI is InChI=1S/C16H22F3N3.C5H6N2O2.C2HF3O2/c1-11-3-2-7-22(11)13-6-8-21(10-13)12-4-5-15(20)14(9-12)16(17,18)19;1-3-2-4(5(8)9)7-6-3;3-2(4,5)1(6)7/h4-5,9,11,13H,2-3,6-8,10,20H2,1H3;2H,1H3,(H,6,7)(H,8,9);(H,6,7). The number of hydrogen-bond acceptors (Lipinski definition) is 6. The molecule has 1 aromatic heterocycles. The highest BCUT2D eigenvalue weighted by Gasteiger charge is 2.38. The van der Waals surface area contributed by atoms with Gasteiger partial charge in [-0.25, -0.2) is 9.59 Å². The number of nitrogens with zero attached hydrogens (tertiary/aromatic N) is 3. The van der Waals surface area contributed by atoms with E-state index in [1.807, 2.05) is 4.90 Å². The summed E-state index contributed by atoms with van der Waals surface area (Å²) < 4.78 is 70.7. The second kappa shape index (κ2) is 12.4. The number of hydrogen-bond donors (Lipinski definition) is 4. The molecule has 9 nitrogen and oxygen atoms in total. The number of benzene rings is 1. The van der Waals surface area contributed by atoms with Crippen LogP contribution in [0.3, 0.4) is 0 Å². The van der Waals surface area contributed by atoms with Crippen molar-refractivity contribution in [1.29, 1.82) is 0 Å². The maximum Gasteiger partial charge on any atom is 0.490 e. The zero-order valence-electron chi connectivity index (χ0n) is 20.6. The van der Waals surface area contributed by atoms with Crippen molar-refractivity contribution in [3.8, 4) is 0 Å². The topological polar surface area (TPSA) is 136 Å². The number of anilines is 2. The third-order valence-electron chi connectivity index (χ3n) is 6.11. The van der Waals surface area contributed by atoms with Crippen LogP contribution in [-0.2, 0) is 11.0 Å². The fourth-order valence-corrected chi connectivity index (χ4v) is 4.26. The first-order valence-electron chi connectivity index (χ1n) is 11.5. The lowest BCUT2D eigenvalue weighted by Crippen LogP contribution is -2.39. The predicted molar refractivity (Wildman–Crippen MR) is 126 cm³/mol. The van der Waals surface area contributed by atoms with Gasteiger partial charge in [0.05, 0.1) is 5.56 Å². The lowest BCUT2D eigenvalue weighted by atomic mass is 10.1. The fourth-order valence-electron chi connectivity index (χ4n) is 4.26. The van der Waals surface area contributed by atoms with Gasteiger partial charge in [0.1, 0.15) is 0 Å². The monoisotopic (exact) mass is 553 g/mol. The van der Waals surface area contributed by atoms with Gasteiger partial charge in [-0.05, 0) is 63.9 Å². The van der Waals surface area contributed by atoms with E-state index >= 15 is 0 Å². The number of alkyl halides is 6. The molecule has 212 valence electrons. The molecule has 4 rings (SSSR count). The molecule has 2 aliphatic rings. The van der Waals surface area contributed by atoms with Gasteiger partial charge >= 0.3 is 24.3 Å². The smallest absolute Gasteiger partial charge is 0.476 e. The summed E-state index contributed by atoms with van der Waals surface area (Å²) in [5.74, 6) is -3.76. The molecular formula is C23H29F6N5O4. The third kappa shape index (κ3) is 8.53. The van der Waals surface area contributed by atoms with Crippen molar-refractivity contribution >= 4 is 23.3 Å². The van der Waals surface area contributed by atoms with Crippen molar-refractivity contribution in [2.75, 3.05) is 30.3 Å². The summed E-state index contributed by atoms with van der Waals surface area (Å²) in [6, 6.07) is 6.75. The molecule has 0 amide bonds. The Labute approximate surface area is 214 Å². The molecule has 0 spiro atoms. The first-order valence-corrected chi connectivity index (χ1v) is 11.5. The summed E-state index contributed by atoms with van der Waals surface area (Å²) in [6.45, 7) is 6.69. The number of likely N-dealkylation sites (tertiary alicyclic amines) is 1. The molecule has 0 radical (unpaired) electrons. The van der Waals surface area contributed by atoms with Gasteiger partial charge in [0.25, 0.3) is 0 Å². The van der Waals surface area contributed by atoms with Gasteiger partial charge in [-0.2, -0.15) is 31.4 Å². The molecular weight excluding hydrogens is 524 g/mol. The average molecular weight is 554 g/mol. The van der Waals surface area contributed by atoms with Crippen LogP contribution in [0.2, 0.25) is 0 Å². The van der Waals surface area contributed by atoms with E-state index in [-0.39, 0.29) is 11.4 Å². The minimum absolute atomic E-state index is 0.0625. The molecule has 2 unspecified atom stereocenters. The Morgan fingerprint density at radius 2 is 1.71 bits per heavy atom. The van der Waals surface area contributed by atoms with E-state index in [9.17, 15) is 31.1 Å². The van der Waals surface area contributed by atoms with Crippen LogP contribution >= 0.6 is 0 Å². The molecule has 3 heterocycles. The largest absolute Gasteiger partial charge is 0.490 e. The summed E-state index contributed by atoms with van der Waals surface area (Å²) in [4.78, 5) is 23.6. The van der Waals surface area contributed by atoms with Gasteiger partial charge in [-0.3, -0.25) is 10.00 Å². The number of nitrogen functional groups attached to an aromatic ring is 1. The van der Waals surface area contributed by atoms with Gasteiger partial charge in [0.15, 0.2) is 5.69 Å². The van der Waals surface area contributed by atoms with Crippen LogP contribution in [0.1, 0.15) is 47.9 Å². The fraction of sp³-hybridized carbons (Fsp3) is 0.522. The molecule has 1 aromatic carbocycles. The first-order chi connectivity index (χ1) is 17.5. The molecule has 2 atom stereocenters. The lowest BCUT2D eigenvalue weighted by Gasteiger charge is -2.28. The normalized spacial score (nSPS) is 19.8. The Bertz CT molecular complexity index is 1100. The van der Waals surface area contributed by atoms with Crippen LogP contribution in [0.15, 0.2) is 24.3 Å². The van der Waals surface area contributed by atoms with E-state index in [2.05, 4.69) is 22.0 Å². The van der Waals surface area contributed by atoms with Crippen LogP contribution in [0.25, 0.3) is 0 Å². The van der Waals surface area contributed by atoms with E-state index in [1.54, 1.807) is 13.0 Å². The predicted octanol–water partition coefficient (Wildman–Crippen LogP) is 4.40. The Hall–Kier alpha value is -3.49. The quantitative estimate of drug-likeness (QED) is 0.325. The number of aromatic nitrogens is 2. The van der Waals surface area contributed by atoms with E-state index < -0.39 is 29.9 Å². The van der Waals surface area contributed by atoms with Crippen molar-refractivity contribution in [2.45, 2.75) is 57.5 Å². The van der Waals surface area contributed by atoms with Crippen molar-refractivity contribution in [3.05, 3.63) is 41.2 Å². The Morgan fingerprint density at radius 3 is 2.13 bits per heavy atom. The van der Waals surface area contributed by atoms with E-state index in [0.717, 1.165) is 31.7 Å². The molecule has 0 bridgehead atoms. The highest BCUT2D eigenvalue weighted by molar-refractivity contribution is 5.85. The number of H-pyrrole nitrogens is 1. The zero-order valence-corrected chi connectivity index (χ0v) is 20.6. The van der Waals surface area contributed by atoms with Gasteiger partial charge in [0.2, 0.25) is 0 Å². The van der Waals surface area contributed by atoms with Crippen molar-refractivity contribution in [2.24, 2.45) is 0 Å². The average Bonchev–Trinajstić information content (AvgIpc) is 3.54. The minimum atomic E-state index is -5.08. The van der Waals surface area contributed by atoms with E-state index in [1.165, 1.54) is 31.0 Å². The number of aliphatic carboxylic acids is 1. The second-order valence-corrected chi connectivity index (χ2v) is 8.93. The zero-order chi connectivity index (χ0) is 28.8. The van der Waals surface area contributed by atoms with Gasteiger partial charge < -0.3 is 20.8 Å². The first kappa shape index (κ1) is 30.7. The minimum Gasteiger partial charge on any atom is -0.476 e. The Kier molecular flexibility index (Phi) is 10.0. The number of halogens is 6. The van der Waals surface area contributed by atoms with Crippen LogP contribution in [0.4, 0.5) is 37.7 Å². The number of carbonyl (C=O) groups is 2. The van der Waals surface area contributed by atoms with Gasteiger partial charge in [0, 0.05) is 42.2 Å². The Morgan fingerprint density at radius 1 is 1.08 bits per heavy atom. The summed E-state index contributed by atoms with van der Waals surface area (Å²) in [6.07, 6.45) is -6.03. The number of carboxylic acids is 2. The number of carboxylic acid groups (broad SMARTS) is 2. The number of aryl methyl sites for hydroxylation is 1. The number of aromatic amines is 1. The molecule has 5 N–H and O–H groups in total. The van der Waals surface area contributed by atoms with Crippen molar-refractivity contribution < 1.29 is 46.1 Å². The summed E-state index contributed by atoms with van der Waals surface area (Å²) in [7, 11) is 0. The maximum absolute atomic E-state index is 13.0. The molecule has 2 fully saturated rings. The molecule has 0 aliphatic carbocycles. The van der Waals surface area contributed by atoms with Gasteiger partial charge in [-0.15, -0.1) is 0 Å². The number of nitrogens with one attached hydrogen (secondary N) is 1. The number of rotatable bonds is 3. The molecule has 38 heavy (non-hydrogen) atoms. The van der Waals surface area contributed by atoms with E-state index in [4.69, 9.17) is 20.7 Å². The SMILES string of the molecule is CC1CCCN1C1CCN(c2ccc(N)c(C(F)(F)F)c2)C1.Cc1cc(C(=O)O)n[nH]1.O=C(O)C(F)(F)F. The molecule has 15 heteroatoms. The second-order valence-electron chi connectivity index (χ2n) is 8.93. The number of nitrogens with two attached hydrogens (primary N) is 1. The van der Waals surface area contributed by atoms with Crippen molar-refractivity contribution in [3.63, 3.8) is 0 Å². The Balaban J connectivity index is 0.000000261. The molecule has 2 aliphatic heterocycles. The van der Waals surface area contributed by atoms with Crippen LogP contribution in [0, 0.1) is 6.92 Å². The van der Waals surface area contributed by atoms with Crippen LogP contribution in [0.5, 0.6) is 0 Å². The summed E-state index contributed by atoms with van der Waals surface area (Å²) in [5, 5.41) is 21.5. The third-order valence-corrected chi connectivity index (χ3v) is 6.11. The number of aromatic carboxylic acids is 1. The van der Waals surface area contributed by atoms with E-state index in [0.29, 0.717) is 17.8 Å². The summed E-state index contributed by atoms with van der Waals surface area (Å²) in [5.41, 5.74) is 5.97. The maximum atomic E-state index is 13.0. The highest BCUT2D eigenvalue weighted by atomic mass is 19.4. The summed E-state index contributed by atoms with van der Waals surface area (Å²) >= 11 is 0. The molecule has 2 saturated heterocycles.